The summed E-state index contributed by atoms with van der Waals surface area (Å²) in [6.07, 6.45) is 14.8. The number of carbonyl (C=O) groups excluding carboxylic acids is 4. The van der Waals surface area contributed by atoms with Crippen LogP contribution >= 0.6 is 0 Å². The number of benzene rings is 6. The summed E-state index contributed by atoms with van der Waals surface area (Å²) in [6, 6.07) is 43.9. The van der Waals surface area contributed by atoms with Gasteiger partial charge in [0.25, 0.3) is 0 Å². The molecular weight excluding hydrogens is 945 g/mol. The highest BCUT2D eigenvalue weighted by atomic mass is 16.6. The molecule has 0 aromatic heterocycles. The van der Waals surface area contributed by atoms with Crippen LogP contribution < -0.4 is 30.4 Å². The molecule has 0 aliphatic carbocycles. The second-order valence-electron chi connectivity index (χ2n) is 18.4. The van der Waals surface area contributed by atoms with Crippen molar-refractivity contribution in [3.05, 3.63) is 191 Å². The summed E-state index contributed by atoms with van der Waals surface area (Å²) in [7, 11) is 0. The van der Waals surface area contributed by atoms with E-state index >= 15 is 0 Å². The Kier molecular flexibility index (Phi) is 22.6. The first-order valence-corrected chi connectivity index (χ1v) is 26.0. The van der Waals surface area contributed by atoms with Crippen LogP contribution in [0, 0.1) is 5.41 Å². The first-order valence-electron chi connectivity index (χ1n) is 26.0. The SMILES string of the molecule is CCCCc1ccc(OC(=O)C=Cc2ccc(OCCCCOC(=O)C(Cc3ccc(N)cc3)(Cc3ccc(N)cc3)C(=O)OCCCCOc3ccc(C=CC(=O)Oc4ccc(CCCC)cc4)cc3)cc2)cc1. The van der Waals surface area contributed by atoms with Crippen molar-refractivity contribution in [2.75, 3.05) is 37.9 Å². The largest absolute Gasteiger partial charge is 0.494 e. The van der Waals surface area contributed by atoms with Crippen molar-refractivity contribution in [1.29, 1.82) is 0 Å². The van der Waals surface area contributed by atoms with Gasteiger partial charge in [-0.05, 0) is 183 Å². The normalized spacial score (nSPS) is 11.3. The summed E-state index contributed by atoms with van der Waals surface area (Å²) in [5.41, 5.74) is 16.9. The first-order chi connectivity index (χ1) is 36.5. The zero-order valence-electron chi connectivity index (χ0n) is 43.2. The maximum absolute atomic E-state index is 14.4. The maximum Gasteiger partial charge on any atom is 0.336 e. The lowest BCUT2D eigenvalue weighted by Gasteiger charge is -2.30. The molecule has 0 aliphatic heterocycles. The molecule has 0 saturated heterocycles. The van der Waals surface area contributed by atoms with E-state index in [-0.39, 0.29) is 26.1 Å². The quantitative estimate of drug-likeness (QED) is 0.0109. The van der Waals surface area contributed by atoms with Crippen LogP contribution in [0.2, 0.25) is 0 Å². The van der Waals surface area contributed by atoms with Gasteiger partial charge in [-0.25, -0.2) is 9.59 Å². The minimum Gasteiger partial charge on any atom is -0.494 e. The number of hydrogen-bond donors (Lipinski definition) is 2. The third-order valence-electron chi connectivity index (χ3n) is 12.3. The van der Waals surface area contributed by atoms with Crippen LogP contribution in [0.4, 0.5) is 11.4 Å². The number of unbranched alkanes of at least 4 members (excludes halogenated alkanes) is 4. The fourth-order valence-electron chi connectivity index (χ4n) is 7.99. The summed E-state index contributed by atoms with van der Waals surface area (Å²) in [4.78, 5) is 53.6. The summed E-state index contributed by atoms with van der Waals surface area (Å²) >= 11 is 0. The maximum atomic E-state index is 14.4. The highest BCUT2D eigenvalue weighted by molar-refractivity contribution is 6.01. The number of hydrogen-bond acceptors (Lipinski definition) is 12. The molecule has 12 nitrogen and oxygen atoms in total. The summed E-state index contributed by atoms with van der Waals surface area (Å²) in [5, 5.41) is 0. The van der Waals surface area contributed by atoms with Gasteiger partial charge in [-0.15, -0.1) is 0 Å². The van der Waals surface area contributed by atoms with Gasteiger partial charge in [-0.1, -0.05) is 99.5 Å². The molecule has 12 heteroatoms. The lowest BCUT2D eigenvalue weighted by molar-refractivity contribution is -0.173. The van der Waals surface area contributed by atoms with E-state index in [1.165, 1.54) is 23.3 Å². The molecule has 75 heavy (non-hydrogen) atoms. The Balaban J connectivity index is 0.968. The van der Waals surface area contributed by atoms with Crippen LogP contribution in [0.25, 0.3) is 12.2 Å². The number of aryl methyl sites for hydroxylation is 2. The molecule has 0 aliphatic rings. The third-order valence-corrected chi connectivity index (χ3v) is 12.3. The minimum atomic E-state index is -1.72. The number of rotatable bonds is 30. The Bertz CT molecular complexity index is 2560. The van der Waals surface area contributed by atoms with Gasteiger partial charge >= 0.3 is 23.9 Å². The molecule has 0 spiro atoms. The number of ether oxygens (including phenoxy) is 6. The standard InChI is InChI=1S/C63H70N2O10/c1-3-5-11-47-21-35-57(36-22-47)74-59(66)39-25-49-17-31-55(32-18-49)70-41-7-9-43-72-61(68)63(45-51-13-27-53(64)28-14-51,46-52-15-29-54(65)30-16-52)62(69)73-44-10-8-42-71-56-33-19-50(20-34-56)26-40-60(67)75-58-37-23-48(24-38-58)12-6-4-2/h13-40H,3-12,41-46,64-65H2,1-2H3. The van der Waals surface area contributed by atoms with Gasteiger partial charge < -0.3 is 39.9 Å². The molecule has 0 saturated carbocycles. The highest BCUT2D eigenvalue weighted by Crippen LogP contribution is 2.33. The van der Waals surface area contributed by atoms with E-state index in [2.05, 4.69) is 13.8 Å². The van der Waals surface area contributed by atoms with Crippen molar-refractivity contribution in [3.8, 4) is 23.0 Å². The van der Waals surface area contributed by atoms with Crippen LogP contribution in [0.1, 0.15) is 98.6 Å². The third kappa shape index (κ3) is 19.3. The second kappa shape index (κ2) is 30.2. The molecule has 0 heterocycles. The van der Waals surface area contributed by atoms with Crippen LogP contribution in [0.3, 0.4) is 0 Å². The molecule has 4 N–H and O–H groups in total. The van der Waals surface area contributed by atoms with E-state index in [1.807, 2.05) is 97.1 Å². The Labute approximate surface area is 441 Å². The summed E-state index contributed by atoms with van der Waals surface area (Å²) < 4.78 is 34.7. The van der Waals surface area contributed by atoms with E-state index in [0.29, 0.717) is 84.4 Å². The summed E-state index contributed by atoms with van der Waals surface area (Å²) in [6.45, 7) is 5.14. The fraction of sp³-hybridized carbons (Fsp3) is 0.302. The van der Waals surface area contributed by atoms with Gasteiger partial charge in [0.15, 0.2) is 5.41 Å². The fourth-order valence-corrected chi connectivity index (χ4v) is 7.99. The van der Waals surface area contributed by atoms with Crippen LogP contribution in [0.5, 0.6) is 23.0 Å². The predicted octanol–water partition coefficient (Wildman–Crippen LogP) is 12.4. The summed E-state index contributed by atoms with van der Waals surface area (Å²) in [5.74, 6) is -0.0227. The van der Waals surface area contributed by atoms with Crippen molar-refractivity contribution in [1.82, 2.24) is 0 Å². The van der Waals surface area contributed by atoms with E-state index in [4.69, 9.17) is 39.9 Å². The Morgan fingerprint density at radius 1 is 0.413 bits per heavy atom. The molecule has 0 atom stereocenters. The van der Waals surface area contributed by atoms with E-state index < -0.39 is 29.3 Å². The first kappa shape index (κ1) is 56.2. The van der Waals surface area contributed by atoms with Crippen molar-refractivity contribution in [2.24, 2.45) is 5.41 Å². The van der Waals surface area contributed by atoms with Crippen LogP contribution in [0.15, 0.2) is 158 Å². The molecule has 0 bridgehead atoms. The van der Waals surface area contributed by atoms with Gasteiger partial charge in [0, 0.05) is 23.5 Å². The van der Waals surface area contributed by atoms with Crippen molar-refractivity contribution >= 4 is 47.4 Å². The van der Waals surface area contributed by atoms with Gasteiger partial charge in [0.2, 0.25) is 0 Å². The monoisotopic (exact) mass is 1010 g/mol. The lowest BCUT2D eigenvalue weighted by atomic mass is 9.76. The average molecular weight is 1020 g/mol. The second-order valence-corrected chi connectivity index (χ2v) is 18.4. The molecule has 0 fully saturated rings. The van der Waals surface area contributed by atoms with Gasteiger partial charge in [0.1, 0.15) is 23.0 Å². The number of anilines is 2. The minimum absolute atomic E-state index is 0.0141. The topological polar surface area (TPSA) is 176 Å². The molecule has 6 rings (SSSR count). The molecule has 6 aromatic rings. The van der Waals surface area contributed by atoms with Gasteiger partial charge in [-0.2, -0.15) is 0 Å². The Hall–Kier alpha value is -8.12. The van der Waals surface area contributed by atoms with Crippen molar-refractivity contribution in [3.63, 3.8) is 0 Å². The zero-order chi connectivity index (χ0) is 53.1. The predicted molar refractivity (Wildman–Crippen MR) is 295 cm³/mol. The molecule has 0 radical (unpaired) electrons. The number of nitrogens with two attached hydrogens (primary N) is 2. The molecule has 0 amide bonds. The van der Waals surface area contributed by atoms with E-state index in [0.717, 1.165) is 49.7 Å². The molecule has 6 aromatic carbocycles. The Morgan fingerprint density at radius 2 is 0.747 bits per heavy atom. The molecule has 392 valence electrons. The van der Waals surface area contributed by atoms with Gasteiger partial charge in [0.05, 0.1) is 26.4 Å². The van der Waals surface area contributed by atoms with Crippen molar-refractivity contribution in [2.45, 2.75) is 90.9 Å². The Morgan fingerprint density at radius 3 is 1.11 bits per heavy atom. The number of carbonyl (C=O) groups is 4. The van der Waals surface area contributed by atoms with Gasteiger partial charge in [-0.3, -0.25) is 9.59 Å². The smallest absolute Gasteiger partial charge is 0.336 e. The molecular formula is C63H70N2O10. The number of nitrogen functional groups attached to an aromatic ring is 2. The van der Waals surface area contributed by atoms with Crippen LogP contribution in [-0.4, -0.2) is 50.3 Å². The van der Waals surface area contributed by atoms with E-state index in [9.17, 15) is 19.2 Å². The molecule has 0 unspecified atom stereocenters. The van der Waals surface area contributed by atoms with Crippen molar-refractivity contribution < 1.29 is 47.6 Å². The number of esters is 4. The highest BCUT2D eigenvalue weighted by Gasteiger charge is 2.49. The van der Waals surface area contributed by atoms with E-state index in [1.54, 1.807) is 60.7 Å². The lowest BCUT2D eigenvalue weighted by Crippen LogP contribution is -2.46. The average Bonchev–Trinajstić information content (AvgIpc) is 3.42. The van der Waals surface area contributed by atoms with Crippen LogP contribution in [-0.2, 0) is 54.3 Å². The zero-order valence-corrected chi connectivity index (χ0v) is 43.2.